The Kier molecular flexibility index (Phi) is 11.8. The van der Waals surface area contributed by atoms with Gasteiger partial charge in [-0.05, 0) is 61.8 Å². The summed E-state index contributed by atoms with van der Waals surface area (Å²) in [6.07, 6.45) is 11.8. The Morgan fingerprint density at radius 2 is 1.79 bits per heavy atom. The summed E-state index contributed by atoms with van der Waals surface area (Å²) in [4.78, 5) is 33.3. The van der Waals surface area contributed by atoms with E-state index >= 15 is 0 Å². The van der Waals surface area contributed by atoms with Crippen molar-refractivity contribution in [1.29, 1.82) is 0 Å². The molecular weight excluding hydrogens is 611 g/mol. The Morgan fingerprint density at radius 3 is 2.53 bits per heavy atom. The van der Waals surface area contributed by atoms with Crippen LogP contribution >= 0.6 is 0 Å². The molecular formula is C37H47N5O4S. The fraction of sp³-hybridized carbons (Fsp3) is 0.459. The van der Waals surface area contributed by atoms with Gasteiger partial charge in [-0.25, -0.2) is 23.1 Å². The van der Waals surface area contributed by atoms with Crippen molar-refractivity contribution in [3.8, 4) is 11.1 Å². The number of hydrogen-bond acceptors (Lipinski definition) is 7. The van der Waals surface area contributed by atoms with Crippen molar-refractivity contribution >= 4 is 39.1 Å². The molecule has 10 heteroatoms. The number of benzene rings is 2. The lowest BCUT2D eigenvalue weighted by molar-refractivity contribution is -0.119. The van der Waals surface area contributed by atoms with Crippen LogP contribution in [0.2, 0.25) is 0 Å². The van der Waals surface area contributed by atoms with E-state index in [2.05, 4.69) is 27.6 Å². The number of hydrogen-bond donors (Lipinski definition) is 2. The summed E-state index contributed by atoms with van der Waals surface area (Å²) < 4.78 is 31.2. The molecule has 9 nitrogen and oxygen atoms in total. The number of carbonyl (C=O) groups excluding carboxylic acids is 2. The molecule has 0 aliphatic heterocycles. The molecule has 47 heavy (non-hydrogen) atoms. The van der Waals surface area contributed by atoms with Gasteiger partial charge in [0.15, 0.2) is 5.65 Å². The van der Waals surface area contributed by atoms with E-state index in [1.165, 1.54) is 12.8 Å². The molecule has 2 aromatic carbocycles. The maximum Gasteiger partial charge on any atom is 0.264 e. The smallest absolute Gasteiger partial charge is 0.264 e. The lowest BCUT2D eigenvalue weighted by atomic mass is 10.0. The largest absolute Gasteiger partial charge is 0.384 e. The first kappa shape index (κ1) is 34.3. The van der Waals surface area contributed by atoms with Crippen LogP contribution in [0.1, 0.15) is 94.6 Å². The van der Waals surface area contributed by atoms with Gasteiger partial charge in [0.05, 0.1) is 22.8 Å². The molecule has 2 heterocycles. The third kappa shape index (κ3) is 8.86. The minimum absolute atomic E-state index is 0.0947. The van der Waals surface area contributed by atoms with Crippen molar-refractivity contribution in [2.24, 2.45) is 5.92 Å². The van der Waals surface area contributed by atoms with Gasteiger partial charge in [0, 0.05) is 31.4 Å². The molecule has 0 atom stereocenters. The topological polar surface area (TPSA) is 123 Å². The van der Waals surface area contributed by atoms with Crippen LogP contribution in [0.25, 0.3) is 22.3 Å². The minimum Gasteiger partial charge on any atom is -0.384 e. The zero-order valence-corrected chi connectivity index (χ0v) is 28.4. The second-order valence-corrected chi connectivity index (χ2v) is 14.3. The number of carbonyl (C=O) groups is 2. The molecule has 5 rings (SSSR count). The SMILES string of the molecule is CCCCc1nc2cc(NCCCCC=O)c(C)nc2n1Cc1ccc(-c2ccccc2S(=O)(=O)NC(=O)CCC2CCCC2)cc1. The van der Waals surface area contributed by atoms with Crippen molar-refractivity contribution < 1.29 is 18.0 Å². The number of rotatable bonds is 17. The summed E-state index contributed by atoms with van der Waals surface area (Å²) in [5, 5.41) is 3.46. The highest BCUT2D eigenvalue weighted by Gasteiger charge is 2.23. The Balaban J connectivity index is 1.33. The Morgan fingerprint density at radius 1 is 1.02 bits per heavy atom. The second kappa shape index (κ2) is 16.2. The van der Waals surface area contributed by atoms with Crippen LogP contribution in [0.15, 0.2) is 59.5 Å². The van der Waals surface area contributed by atoms with E-state index in [4.69, 9.17) is 9.97 Å². The number of pyridine rings is 1. The maximum atomic E-state index is 13.3. The van der Waals surface area contributed by atoms with E-state index in [0.717, 1.165) is 104 Å². The van der Waals surface area contributed by atoms with Gasteiger partial charge in [0.1, 0.15) is 17.6 Å². The average Bonchev–Trinajstić information content (AvgIpc) is 3.71. The zero-order valence-electron chi connectivity index (χ0n) is 27.6. The van der Waals surface area contributed by atoms with Crippen molar-refractivity contribution in [2.45, 2.75) is 102 Å². The number of anilines is 1. The number of nitrogens with one attached hydrogen (secondary N) is 2. The molecule has 0 spiro atoms. The predicted molar refractivity (Wildman–Crippen MR) is 187 cm³/mol. The summed E-state index contributed by atoms with van der Waals surface area (Å²) in [6.45, 7) is 5.52. The van der Waals surface area contributed by atoms with Crippen LogP contribution in [0.5, 0.6) is 0 Å². The molecule has 1 aliphatic rings. The van der Waals surface area contributed by atoms with E-state index in [0.29, 0.717) is 24.4 Å². The molecule has 2 aromatic heterocycles. The quantitative estimate of drug-likeness (QED) is 0.0899. The molecule has 1 amide bonds. The van der Waals surface area contributed by atoms with Gasteiger partial charge < -0.3 is 14.7 Å². The van der Waals surface area contributed by atoms with Crippen LogP contribution in [0.3, 0.4) is 0 Å². The number of aromatic nitrogens is 3. The Bertz CT molecular complexity index is 1780. The number of unbranched alkanes of at least 4 members (excludes halogenated alkanes) is 3. The number of sulfonamides is 1. The first-order valence-electron chi connectivity index (χ1n) is 17.1. The highest BCUT2D eigenvalue weighted by atomic mass is 32.2. The number of nitrogens with zero attached hydrogens (tertiary/aromatic N) is 3. The van der Waals surface area contributed by atoms with E-state index in [1.807, 2.05) is 37.3 Å². The van der Waals surface area contributed by atoms with Crippen LogP contribution < -0.4 is 10.0 Å². The summed E-state index contributed by atoms with van der Waals surface area (Å²) in [6, 6.07) is 16.8. The lowest BCUT2D eigenvalue weighted by Gasteiger charge is -2.14. The second-order valence-electron chi connectivity index (χ2n) is 12.7. The molecule has 0 bridgehead atoms. The standard InChI is InChI=1S/C37H47N5O4S/c1-3-4-16-35-40-33-25-32(38-23-10-5-11-24-43)27(2)39-37(33)42(35)26-29-17-20-30(21-18-29)31-14-8-9-15-34(31)47(45,46)41-36(44)22-19-28-12-6-7-13-28/h8-9,14-15,17-18,20-21,24-25,28,38H,3-7,10-13,16,19,22-23,26H2,1-2H3,(H,41,44). The monoisotopic (exact) mass is 657 g/mol. The van der Waals surface area contributed by atoms with Crippen LogP contribution in [0, 0.1) is 12.8 Å². The molecule has 0 unspecified atom stereocenters. The summed E-state index contributed by atoms with van der Waals surface area (Å²) in [5.41, 5.74) is 5.89. The van der Waals surface area contributed by atoms with Crippen LogP contribution in [-0.4, -0.2) is 41.7 Å². The molecule has 1 fully saturated rings. The normalized spacial score (nSPS) is 13.7. The van der Waals surface area contributed by atoms with Crippen molar-refractivity contribution in [3.63, 3.8) is 0 Å². The minimum atomic E-state index is -4.03. The Labute approximate surface area is 278 Å². The molecule has 2 N–H and O–H groups in total. The maximum absolute atomic E-state index is 13.3. The summed E-state index contributed by atoms with van der Waals surface area (Å²) >= 11 is 0. The molecule has 1 aliphatic carbocycles. The third-order valence-corrected chi connectivity index (χ3v) is 10.5. The van der Waals surface area contributed by atoms with Crippen LogP contribution in [-0.2, 0) is 32.6 Å². The van der Waals surface area contributed by atoms with E-state index < -0.39 is 15.9 Å². The fourth-order valence-electron chi connectivity index (χ4n) is 6.43. The van der Waals surface area contributed by atoms with E-state index in [-0.39, 0.29) is 11.3 Å². The number of aldehydes is 1. The molecule has 1 saturated carbocycles. The van der Waals surface area contributed by atoms with Gasteiger partial charge >= 0.3 is 0 Å². The van der Waals surface area contributed by atoms with Gasteiger partial charge in [-0.15, -0.1) is 0 Å². The highest BCUT2D eigenvalue weighted by molar-refractivity contribution is 7.90. The molecule has 4 aromatic rings. The summed E-state index contributed by atoms with van der Waals surface area (Å²) in [7, 11) is -4.03. The van der Waals surface area contributed by atoms with Gasteiger partial charge in [-0.3, -0.25) is 4.79 Å². The van der Waals surface area contributed by atoms with Gasteiger partial charge in [0.25, 0.3) is 10.0 Å². The molecule has 250 valence electrons. The predicted octanol–water partition coefficient (Wildman–Crippen LogP) is 7.35. The third-order valence-electron chi connectivity index (χ3n) is 9.09. The van der Waals surface area contributed by atoms with Gasteiger partial charge in [0.2, 0.25) is 5.91 Å². The van der Waals surface area contributed by atoms with Gasteiger partial charge in [-0.1, -0.05) is 81.5 Å². The van der Waals surface area contributed by atoms with E-state index in [9.17, 15) is 18.0 Å². The number of amides is 1. The van der Waals surface area contributed by atoms with Crippen LogP contribution in [0.4, 0.5) is 5.69 Å². The Hall–Kier alpha value is -4.05. The zero-order chi connectivity index (χ0) is 33.2. The van der Waals surface area contributed by atoms with E-state index in [1.54, 1.807) is 18.2 Å². The highest BCUT2D eigenvalue weighted by Crippen LogP contribution is 2.30. The van der Waals surface area contributed by atoms with Gasteiger partial charge in [-0.2, -0.15) is 0 Å². The van der Waals surface area contributed by atoms with Crippen molar-refractivity contribution in [2.75, 3.05) is 11.9 Å². The number of imidazole rings is 1. The number of aryl methyl sites for hydroxylation is 2. The van der Waals surface area contributed by atoms with Crippen molar-refractivity contribution in [3.05, 3.63) is 71.7 Å². The first-order valence-corrected chi connectivity index (χ1v) is 18.6. The number of fused-ring (bicyclic) bond motifs is 1. The lowest BCUT2D eigenvalue weighted by Crippen LogP contribution is -2.31. The molecule has 0 saturated heterocycles. The first-order chi connectivity index (χ1) is 22.8. The van der Waals surface area contributed by atoms with Crippen molar-refractivity contribution in [1.82, 2.24) is 19.3 Å². The summed E-state index contributed by atoms with van der Waals surface area (Å²) in [5.74, 6) is 1.05. The molecule has 0 radical (unpaired) electrons. The average molecular weight is 658 g/mol. The fourth-order valence-corrected chi connectivity index (χ4v) is 7.68.